The fourth-order valence-electron chi connectivity index (χ4n) is 3.70. The van der Waals surface area contributed by atoms with Gasteiger partial charge in [0.05, 0.1) is 23.2 Å². The quantitative estimate of drug-likeness (QED) is 0.361. The number of para-hydroxylation sites is 1. The largest absolute Gasteiger partial charge is 0.350 e. The van der Waals surface area contributed by atoms with Crippen LogP contribution in [0.4, 0.5) is 0 Å². The molecule has 0 amide bonds. The summed E-state index contributed by atoms with van der Waals surface area (Å²) in [7, 11) is -3.76. The number of nitrogens with zero attached hydrogens (tertiary/aromatic N) is 4. The van der Waals surface area contributed by atoms with Gasteiger partial charge in [-0.15, -0.1) is 5.10 Å². The highest BCUT2D eigenvalue weighted by Gasteiger charge is 2.27. The Balaban J connectivity index is 1.46. The molecule has 0 radical (unpaired) electrons. The topological polar surface area (TPSA) is 77.3 Å². The second kappa shape index (κ2) is 9.11. The number of hydrogen-bond donors (Lipinski definition) is 0. The van der Waals surface area contributed by atoms with Crippen LogP contribution in [0.15, 0.2) is 70.9 Å². The van der Waals surface area contributed by atoms with Crippen molar-refractivity contribution in [3.8, 4) is 0 Å². The maximum atomic E-state index is 12.4. The van der Waals surface area contributed by atoms with Crippen LogP contribution in [0.3, 0.4) is 0 Å². The molecule has 0 spiro atoms. The Bertz CT molecular complexity index is 1300. The number of hydrogen-bond acceptors (Lipinski definition) is 6. The molecule has 1 aromatic heterocycles. The van der Waals surface area contributed by atoms with Crippen molar-refractivity contribution in [2.24, 2.45) is 5.41 Å². The van der Waals surface area contributed by atoms with Gasteiger partial charge >= 0.3 is 0 Å². The van der Waals surface area contributed by atoms with Crippen LogP contribution in [0.5, 0.6) is 0 Å². The van der Waals surface area contributed by atoms with Crippen LogP contribution in [-0.2, 0) is 14.3 Å². The van der Waals surface area contributed by atoms with E-state index in [1.54, 1.807) is 28.9 Å². The van der Waals surface area contributed by atoms with Crippen LogP contribution in [-0.4, -0.2) is 41.5 Å². The number of fused-ring (bicyclic) bond motifs is 1. The van der Waals surface area contributed by atoms with Crippen molar-refractivity contribution >= 4 is 27.4 Å². The summed E-state index contributed by atoms with van der Waals surface area (Å²) in [5, 5.41) is 8.52. The van der Waals surface area contributed by atoms with E-state index >= 15 is 0 Å². The van der Waals surface area contributed by atoms with E-state index < -0.39 is 10.1 Å². The van der Waals surface area contributed by atoms with Crippen LogP contribution in [0.1, 0.15) is 39.2 Å². The highest BCUT2D eigenvalue weighted by Crippen LogP contribution is 2.37. The van der Waals surface area contributed by atoms with Crippen molar-refractivity contribution in [1.29, 1.82) is 0 Å². The van der Waals surface area contributed by atoms with Crippen LogP contribution in [0, 0.1) is 12.3 Å². The molecule has 0 bridgehead atoms. The van der Waals surface area contributed by atoms with Crippen LogP contribution in [0.2, 0.25) is 0 Å². The summed E-state index contributed by atoms with van der Waals surface area (Å²) >= 11 is 0. The lowest BCUT2D eigenvalue weighted by atomic mass is 9.86. The first-order chi connectivity index (χ1) is 15.6. The van der Waals surface area contributed by atoms with Crippen molar-refractivity contribution in [3.05, 3.63) is 71.6 Å². The highest BCUT2D eigenvalue weighted by molar-refractivity contribution is 7.86. The van der Waals surface area contributed by atoms with E-state index in [9.17, 15) is 8.42 Å². The molecule has 4 rings (SSSR count). The number of allylic oxidation sites excluding steroid dienone is 1. The molecule has 7 nitrogen and oxygen atoms in total. The molecule has 2 heterocycles. The summed E-state index contributed by atoms with van der Waals surface area (Å²) in [6.45, 7) is 9.26. The fourth-order valence-corrected chi connectivity index (χ4v) is 4.64. The van der Waals surface area contributed by atoms with Crippen molar-refractivity contribution in [2.75, 3.05) is 13.2 Å². The zero-order valence-corrected chi connectivity index (χ0v) is 20.3. The summed E-state index contributed by atoms with van der Waals surface area (Å²) in [6.07, 6.45) is 5.54. The Morgan fingerprint density at radius 2 is 1.82 bits per heavy atom. The Morgan fingerprint density at radius 1 is 1.09 bits per heavy atom. The van der Waals surface area contributed by atoms with E-state index in [4.69, 9.17) is 4.18 Å². The van der Waals surface area contributed by atoms with Gasteiger partial charge in [-0.05, 0) is 48.6 Å². The maximum Gasteiger partial charge on any atom is 0.296 e. The zero-order chi connectivity index (χ0) is 23.6. The Labute approximate surface area is 195 Å². The summed E-state index contributed by atoms with van der Waals surface area (Å²) in [6, 6.07) is 14.5. The van der Waals surface area contributed by atoms with Gasteiger partial charge in [-0.2, -0.15) is 8.42 Å². The van der Waals surface area contributed by atoms with Gasteiger partial charge in [0.25, 0.3) is 10.1 Å². The first kappa shape index (κ1) is 23.2. The minimum Gasteiger partial charge on any atom is -0.350 e. The van der Waals surface area contributed by atoms with Crippen LogP contribution in [0.25, 0.3) is 17.2 Å². The molecular formula is C25H30N4O3S. The number of aromatic nitrogens is 3. The summed E-state index contributed by atoms with van der Waals surface area (Å²) in [5.74, 6) is 0. The van der Waals surface area contributed by atoms with Crippen molar-refractivity contribution in [1.82, 2.24) is 19.9 Å². The Hall–Kier alpha value is -2.97. The molecule has 1 aliphatic rings. The lowest BCUT2D eigenvalue weighted by molar-refractivity contribution is 0.295. The van der Waals surface area contributed by atoms with E-state index in [0.29, 0.717) is 13.0 Å². The van der Waals surface area contributed by atoms with Gasteiger partial charge in [0, 0.05) is 24.9 Å². The SMILES string of the molecule is Cc1ccc(S(=O)(=O)OCCCN2C=C(C(C)(C)C)CC2=Cn2nnc3ccccc32)cc1. The monoisotopic (exact) mass is 466 g/mol. The number of rotatable bonds is 7. The molecule has 1 aliphatic heterocycles. The van der Waals surface area contributed by atoms with E-state index in [2.05, 4.69) is 42.2 Å². The molecular weight excluding hydrogens is 436 g/mol. The average Bonchev–Trinajstić information content (AvgIpc) is 3.36. The standard InChI is InChI=1S/C25H30N4O3S/c1-19-10-12-22(13-11-19)33(30,31)32-15-7-14-28-17-20(25(2,3)4)16-21(28)18-29-24-9-6-5-8-23(24)26-27-29/h5-6,8-13,17-18H,7,14-16H2,1-4H3. The second-order valence-electron chi connectivity index (χ2n) is 9.36. The molecule has 33 heavy (non-hydrogen) atoms. The molecule has 0 fully saturated rings. The normalized spacial score (nSPS) is 16.1. The molecule has 0 saturated carbocycles. The van der Waals surface area contributed by atoms with Gasteiger partial charge in [0.15, 0.2) is 0 Å². The molecule has 174 valence electrons. The van der Waals surface area contributed by atoms with Gasteiger partial charge in [-0.25, -0.2) is 4.68 Å². The van der Waals surface area contributed by atoms with E-state index in [0.717, 1.165) is 28.7 Å². The van der Waals surface area contributed by atoms with E-state index in [1.165, 1.54) is 5.57 Å². The zero-order valence-electron chi connectivity index (χ0n) is 19.5. The van der Waals surface area contributed by atoms with Gasteiger partial charge in [0.1, 0.15) is 5.52 Å². The summed E-state index contributed by atoms with van der Waals surface area (Å²) in [4.78, 5) is 2.35. The van der Waals surface area contributed by atoms with Gasteiger partial charge in [-0.3, -0.25) is 4.18 Å². The highest BCUT2D eigenvalue weighted by atomic mass is 32.2. The first-order valence-electron chi connectivity index (χ1n) is 11.1. The molecule has 0 saturated heterocycles. The Kier molecular flexibility index (Phi) is 6.41. The van der Waals surface area contributed by atoms with E-state index in [-0.39, 0.29) is 16.9 Å². The molecule has 0 N–H and O–H groups in total. The summed E-state index contributed by atoms with van der Waals surface area (Å²) in [5.41, 5.74) is 5.23. The lowest BCUT2D eigenvalue weighted by Crippen LogP contribution is -2.18. The van der Waals surface area contributed by atoms with E-state index in [1.807, 2.05) is 37.4 Å². The number of benzene rings is 2. The van der Waals surface area contributed by atoms with Crippen molar-refractivity contribution in [3.63, 3.8) is 0 Å². The molecule has 8 heteroatoms. The predicted octanol–water partition coefficient (Wildman–Crippen LogP) is 4.97. The predicted molar refractivity (Wildman–Crippen MR) is 130 cm³/mol. The molecule has 0 aliphatic carbocycles. The molecule has 0 atom stereocenters. The maximum absolute atomic E-state index is 12.4. The van der Waals surface area contributed by atoms with Crippen LogP contribution < -0.4 is 0 Å². The number of aryl methyl sites for hydroxylation is 1. The first-order valence-corrected chi connectivity index (χ1v) is 12.5. The fraction of sp³-hybridized carbons (Fsp3) is 0.360. The third-order valence-electron chi connectivity index (χ3n) is 5.76. The van der Waals surface area contributed by atoms with Crippen molar-refractivity contribution in [2.45, 2.75) is 45.4 Å². The third-order valence-corrected chi connectivity index (χ3v) is 7.08. The van der Waals surface area contributed by atoms with Crippen LogP contribution >= 0.6 is 0 Å². The lowest BCUT2D eigenvalue weighted by Gasteiger charge is -2.18. The van der Waals surface area contributed by atoms with Gasteiger partial charge < -0.3 is 4.90 Å². The minimum absolute atomic E-state index is 0.0313. The third kappa shape index (κ3) is 5.34. The Morgan fingerprint density at radius 3 is 2.55 bits per heavy atom. The smallest absolute Gasteiger partial charge is 0.296 e. The van der Waals surface area contributed by atoms with Gasteiger partial charge in [-0.1, -0.05) is 55.8 Å². The summed E-state index contributed by atoms with van der Waals surface area (Å²) < 4.78 is 32.0. The molecule has 2 aromatic carbocycles. The van der Waals surface area contributed by atoms with Gasteiger partial charge in [0.2, 0.25) is 0 Å². The minimum atomic E-state index is -3.76. The van der Waals surface area contributed by atoms with Crippen molar-refractivity contribution < 1.29 is 12.6 Å². The average molecular weight is 467 g/mol. The molecule has 0 unspecified atom stereocenters. The second-order valence-corrected chi connectivity index (χ2v) is 11.0. The molecule has 3 aromatic rings.